The summed E-state index contributed by atoms with van der Waals surface area (Å²) >= 11 is 0. The van der Waals surface area contributed by atoms with E-state index in [0.717, 1.165) is 19.3 Å². The number of nitrogens with two attached hydrogens (primary N) is 1. The molecule has 2 unspecified atom stereocenters. The van der Waals surface area contributed by atoms with Gasteiger partial charge in [-0.15, -0.1) is 0 Å². The summed E-state index contributed by atoms with van der Waals surface area (Å²) in [6.45, 7) is 2.73. The number of alkyl halides is 3. The molecule has 0 heterocycles. The van der Waals surface area contributed by atoms with Crippen molar-refractivity contribution in [2.45, 2.75) is 57.4 Å². The Balaban J connectivity index is 2.65. The first-order chi connectivity index (χ1) is 6.81. The molecule has 0 radical (unpaired) electrons. The monoisotopic (exact) mass is 224 g/mol. The highest BCUT2D eigenvalue weighted by Crippen LogP contribution is 2.27. The lowest BCUT2D eigenvalue weighted by Crippen LogP contribution is -2.51. The van der Waals surface area contributed by atoms with Crippen molar-refractivity contribution in [2.75, 3.05) is 6.54 Å². The number of hydrogen-bond acceptors (Lipinski definition) is 2. The fraction of sp³-hybridized carbons (Fsp3) is 1.00. The van der Waals surface area contributed by atoms with Gasteiger partial charge in [0.05, 0.1) is 6.54 Å². The second-order valence-electron chi connectivity index (χ2n) is 4.54. The van der Waals surface area contributed by atoms with Gasteiger partial charge in [0.1, 0.15) is 0 Å². The molecule has 0 amide bonds. The molecular weight excluding hydrogens is 205 g/mol. The molecule has 0 aromatic heterocycles. The fourth-order valence-corrected chi connectivity index (χ4v) is 2.27. The maximum Gasteiger partial charge on any atom is 0.401 e. The molecule has 5 heteroatoms. The first-order valence-electron chi connectivity index (χ1n) is 5.39. The molecule has 0 spiro atoms. The van der Waals surface area contributed by atoms with Crippen LogP contribution in [0.2, 0.25) is 0 Å². The highest BCUT2D eigenvalue weighted by Gasteiger charge is 2.38. The zero-order chi connectivity index (χ0) is 11.6. The average Bonchev–Trinajstić information content (AvgIpc) is 2.45. The van der Waals surface area contributed by atoms with Crippen LogP contribution in [0, 0.1) is 0 Å². The standard InChI is InChI=1S/C10H19F3N2/c1-7(2)15(6-10(11,12)13)9-5-3-4-8(9)14/h7-9H,3-6,14H2,1-2H3. The zero-order valence-corrected chi connectivity index (χ0v) is 9.22. The van der Waals surface area contributed by atoms with Crippen LogP contribution in [0.25, 0.3) is 0 Å². The summed E-state index contributed by atoms with van der Waals surface area (Å²) < 4.78 is 37.1. The van der Waals surface area contributed by atoms with E-state index >= 15 is 0 Å². The van der Waals surface area contributed by atoms with Gasteiger partial charge >= 0.3 is 6.18 Å². The summed E-state index contributed by atoms with van der Waals surface area (Å²) in [5.41, 5.74) is 5.83. The molecule has 15 heavy (non-hydrogen) atoms. The number of nitrogens with zero attached hydrogens (tertiary/aromatic N) is 1. The van der Waals surface area contributed by atoms with Gasteiger partial charge in [-0.2, -0.15) is 13.2 Å². The van der Waals surface area contributed by atoms with E-state index in [4.69, 9.17) is 5.73 Å². The molecule has 1 aliphatic carbocycles. The van der Waals surface area contributed by atoms with Crippen molar-refractivity contribution in [3.05, 3.63) is 0 Å². The minimum absolute atomic E-state index is 0.102. The van der Waals surface area contributed by atoms with E-state index in [0.29, 0.717) is 0 Å². The van der Waals surface area contributed by atoms with Crippen molar-refractivity contribution in [3.8, 4) is 0 Å². The maximum atomic E-state index is 12.4. The van der Waals surface area contributed by atoms with E-state index in [2.05, 4.69) is 0 Å². The van der Waals surface area contributed by atoms with Gasteiger partial charge < -0.3 is 5.73 Å². The Labute approximate surface area is 88.6 Å². The minimum Gasteiger partial charge on any atom is -0.326 e. The molecule has 0 aromatic rings. The Bertz CT molecular complexity index is 203. The van der Waals surface area contributed by atoms with E-state index in [1.54, 1.807) is 13.8 Å². The normalized spacial score (nSPS) is 28.0. The van der Waals surface area contributed by atoms with Gasteiger partial charge in [-0.25, -0.2) is 0 Å². The van der Waals surface area contributed by atoms with Crippen LogP contribution in [-0.4, -0.2) is 35.7 Å². The van der Waals surface area contributed by atoms with Gasteiger partial charge in [-0.05, 0) is 26.7 Å². The average molecular weight is 224 g/mol. The summed E-state index contributed by atoms with van der Waals surface area (Å²) in [6.07, 6.45) is -1.57. The highest BCUT2D eigenvalue weighted by molar-refractivity contribution is 4.90. The van der Waals surface area contributed by atoms with Crippen LogP contribution < -0.4 is 5.73 Å². The van der Waals surface area contributed by atoms with Crippen LogP contribution in [0.15, 0.2) is 0 Å². The Morgan fingerprint density at radius 3 is 2.27 bits per heavy atom. The highest BCUT2D eigenvalue weighted by atomic mass is 19.4. The molecule has 0 aromatic carbocycles. The minimum atomic E-state index is -4.13. The third-order valence-electron chi connectivity index (χ3n) is 2.98. The van der Waals surface area contributed by atoms with Crippen molar-refractivity contribution in [1.29, 1.82) is 0 Å². The van der Waals surface area contributed by atoms with E-state index in [9.17, 15) is 13.2 Å². The van der Waals surface area contributed by atoms with Gasteiger partial charge in [-0.1, -0.05) is 6.42 Å². The summed E-state index contributed by atoms with van der Waals surface area (Å²) in [6, 6.07) is -0.317. The van der Waals surface area contributed by atoms with E-state index in [1.807, 2.05) is 0 Å². The Morgan fingerprint density at radius 2 is 1.93 bits per heavy atom. The van der Waals surface area contributed by atoms with Crippen molar-refractivity contribution in [3.63, 3.8) is 0 Å². The number of rotatable bonds is 3. The van der Waals surface area contributed by atoms with Crippen molar-refractivity contribution in [1.82, 2.24) is 4.90 Å². The van der Waals surface area contributed by atoms with E-state index in [1.165, 1.54) is 4.90 Å². The van der Waals surface area contributed by atoms with Gasteiger partial charge in [0.2, 0.25) is 0 Å². The molecule has 2 N–H and O–H groups in total. The number of halogens is 3. The summed E-state index contributed by atoms with van der Waals surface area (Å²) in [5, 5.41) is 0. The Hall–Kier alpha value is -0.290. The molecule has 1 aliphatic rings. The van der Waals surface area contributed by atoms with Crippen LogP contribution in [-0.2, 0) is 0 Å². The zero-order valence-electron chi connectivity index (χ0n) is 9.22. The Kier molecular flexibility index (Phi) is 4.00. The smallest absolute Gasteiger partial charge is 0.326 e. The quantitative estimate of drug-likeness (QED) is 0.795. The molecule has 1 saturated carbocycles. The molecular formula is C10H19F3N2. The van der Waals surface area contributed by atoms with Gasteiger partial charge in [0, 0.05) is 18.1 Å². The lowest BCUT2D eigenvalue weighted by molar-refractivity contribution is -0.155. The SMILES string of the molecule is CC(C)N(CC(F)(F)F)C1CCCC1N. The third kappa shape index (κ3) is 3.65. The molecule has 1 fully saturated rings. The molecule has 2 atom stereocenters. The van der Waals surface area contributed by atoms with Gasteiger partial charge in [-0.3, -0.25) is 4.90 Å². The van der Waals surface area contributed by atoms with Crippen molar-refractivity contribution in [2.24, 2.45) is 5.73 Å². The fourth-order valence-electron chi connectivity index (χ4n) is 2.27. The first kappa shape index (κ1) is 12.8. The predicted octanol–water partition coefficient (Wildman–Crippen LogP) is 2.14. The van der Waals surface area contributed by atoms with Crippen molar-refractivity contribution >= 4 is 0 Å². The van der Waals surface area contributed by atoms with Crippen LogP contribution in [0.3, 0.4) is 0 Å². The van der Waals surface area contributed by atoms with Gasteiger partial charge in [0.15, 0.2) is 0 Å². The van der Waals surface area contributed by atoms with Gasteiger partial charge in [0.25, 0.3) is 0 Å². The molecule has 90 valence electrons. The summed E-state index contributed by atoms with van der Waals surface area (Å²) in [4.78, 5) is 1.48. The van der Waals surface area contributed by atoms with Crippen LogP contribution in [0.4, 0.5) is 13.2 Å². The van der Waals surface area contributed by atoms with Crippen LogP contribution in [0.1, 0.15) is 33.1 Å². The first-order valence-corrected chi connectivity index (χ1v) is 5.39. The topological polar surface area (TPSA) is 29.3 Å². The van der Waals surface area contributed by atoms with Crippen molar-refractivity contribution < 1.29 is 13.2 Å². The maximum absolute atomic E-state index is 12.4. The molecule has 0 aliphatic heterocycles. The largest absolute Gasteiger partial charge is 0.401 e. The van der Waals surface area contributed by atoms with Crippen LogP contribution in [0.5, 0.6) is 0 Å². The lowest BCUT2D eigenvalue weighted by Gasteiger charge is -2.35. The molecule has 0 saturated heterocycles. The molecule has 1 rings (SSSR count). The third-order valence-corrected chi connectivity index (χ3v) is 2.98. The lowest BCUT2D eigenvalue weighted by atomic mass is 10.1. The summed E-state index contributed by atoms with van der Waals surface area (Å²) in [5.74, 6) is 0. The van der Waals surface area contributed by atoms with E-state index < -0.39 is 12.7 Å². The second-order valence-corrected chi connectivity index (χ2v) is 4.54. The van der Waals surface area contributed by atoms with Crippen LogP contribution >= 0.6 is 0 Å². The molecule has 0 bridgehead atoms. The summed E-state index contributed by atoms with van der Waals surface area (Å²) in [7, 11) is 0. The second kappa shape index (κ2) is 4.70. The molecule has 2 nitrogen and oxygen atoms in total. The number of hydrogen-bond donors (Lipinski definition) is 1. The predicted molar refractivity (Wildman–Crippen MR) is 53.5 cm³/mol. The Morgan fingerprint density at radius 1 is 1.33 bits per heavy atom. The van der Waals surface area contributed by atoms with E-state index in [-0.39, 0.29) is 18.1 Å².